The van der Waals surface area contributed by atoms with Crippen LogP contribution in [0.4, 0.5) is 0 Å². The largest absolute Gasteiger partial charge is 0.478 e. The molecule has 0 aliphatic carbocycles. The Labute approximate surface area is 93.0 Å². The van der Waals surface area contributed by atoms with Crippen LogP contribution in [0, 0.1) is 5.92 Å². The van der Waals surface area contributed by atoms with Crippen LogP contribution in [0.2, 0.25) is 0 Å². The number of ether oxygens (including phenoxy) is 2. The zero-order chi connectivity index (χ0) is 11.9. The second-order valence-electron chi connectivity index (χ2n) is 4.36. The third kappa shape index (κ3) is 1.82. The molecule has 0 spiro atoms. The zero-order valence-electron chi connectivity index (χ0n) is 9.01. The molecule has 0 aromatic rings. The van der Waals surface area contributed by atoms with Crippen LogP contribution in [-0.4, -0.2) is 35.4 Å². The van der Waals surface area contributed by atoms with Gasteiger partial charge in [-0.05, 0) is 13.3 Å². The molecule has 0 amide bonds. The molecule has 0 saturated carbocycles. The molecule has 3 rings (SSSR count). The molecular weight excluding hydrogens is 212 g/mol. The smallest absolute Gasteiger partial charge is 0.330 e. The van der Waals surface area contributed by atoms with Gasteiger partial charge in [0, 0.05) is 12.0 Å². The van der Waals surface area contributed by atoms with E-state index in [4.69, 9.17) is 14.6 Å². The Balaban J connectivity index is 0.000000142. The molecule has 2 bridgehead atoms. The van der Waals surface area contributed by atoms with Crippen LogP contribution in [0.1, 0.15) is 19.8 Å². The normalized spacial score (nSPS) is 37.7. The summed E-state index contributed by atoms with van der Waals surface area (Å²) in [7, 11) is 0. The maximum Gasteiger partial charge on any atom is 0.330 e. The average Bonchev–Trinajstić information content (AvgIpc) is 2.79. The topological polar surface area (TPSA) is 72.8 Å². The third-order valence-electron chi connectivity index (χ3n) is 3.06. The van der Waals surface area contributed by atoms with Crippen molar-refractivity contribution in [1.29, 1.82) is 0 Å². The standard InChI is InChI=1S/C7H8O3.C4H6O2/c8-7-4-1-3-2-5(10-7)6(4)9-3;1-3(2)4(5)6/h3-6H,1-2H2;1H2,2H3,(H,5,6). The van der Waals surface area contributed by atoms with Gasteiger partial charge < -0.3 is 14.6 Å². The minimum atomic E-state index is -0.935. The van der Waals surface area contributed by atoms with Crippen LogP contribution in [0.25, 0.3) is 0 Å². The molecule has 0 aromatic carbocycles. The second kappa shape index (κ2) is 3.90. The summed E-state index contributed by atoms with van der Waals surface area (Å²) in [5, 5.41) is 7.89. The number of esters is 1. The number of fused-ring (bicyclic) bond motifs is 1. The van der Waals surface area contributed by atoms with Crippen LogP contribution in [0.15, 0.2) is 12.2 Å². The highest BCUT2D eigenvalue weighted by atomic mass is 16.6. The monoisotopic (exact) mass is 226 g/mol. The van der Waals surface area contributed by atoms with Gasteiger partial charge in [-0.1, -0.05) is 6.58 Å². The minimum absolute atomic E-state index is 0.0324. The Morgan fingerprint density at radius 2 is 2.12 bits per heavy atom. The van der Waals surface area contributed by atoms with Crippen molar-refractivity contribution in [1.82, 2.24) is 0 Å². The first kappa shape index (κ1) is 11.1. The van der Waals surface area contributed by atoms with Crippen LogP contribution in [0.3, 0.4) is 0 Å². The van der Waals surface area contributed by atoms with Gasteiger partial charge in [-0.25, -0.2) is 4.79 Å². The van der Waals surface area contributed by atoms with Gasteiger partial charge in [-0.3, -0.25) is 4.79 Å². The number of hydrogen-bond donors (Lipinski definition) is 1. The van der Waals surface area contributed by atoms with E-state index in [0.717, 1.165) is 12.8 Å². The number of hydrogen-bond acceptors (Lipinski definition) is 4. The first-order chi connectivity index (χ1) is 7.49. The van der Waals surface area contributed by atoms with Gasteiger partial charge in [-0.15, -0.1) is 0 Å². The summed E-state index contributed by atoms with van der Waals surface area (Å²) in [4.78, 5) is 20.6. The van der Waals surface area contributed by atoms with Gasteiger partial charge >= 0.3 is 11.9 Å². The van der Waals surface area contributed by atoms with Crippen LogP contribution in [0.5, 0.6) is 0 Å². The lowest BCUT2D eigenvalue weighted by Crippen LogP contribution is -2.22. The Morgan fingerprint density at radius 3 is 2.50 bits per heavy atom. The molecule has 3 heterocycles. The Hall–Kier alpha value is -1.36. The molecule has 0 radical (unpaired) electrons. The van der Waals surface area contributed by atoms with E-state index in [0.29, 0.717) is 6.10 Å². The van der Waals surface area contributed by atoms with Crippen LogP contribution < -0.4 is 0 Å². The fourth-order valence-corrected chi connectivity index (χ4v) is 2.26. The first-order valence-electron chi connectivity index (χ1n) is 5.23. The highest BCUT2D eigenvalue weighted by molar-refractivity contribution is 5.84. The molecule has 3 saturated heterocycles. The van der Waals surface area contributed by atoms with Crippen molar-refractivity contribution in [3.05, 3.63) is 12.2 Å². The van der Waals surface area contributed by atoms with Crippen molar-refractivity contribution in [2.45, 2.75) is 38.1 Å². The fourth-order valence-electron chi connectivity index (χ4n) is 2.26. The van der Waals surface area contributed by atoms with Gasteiger partial charge in [0.15, 0.2) is 0 Å². The highest BCUT2D eigenvalue weighted by Gasteiger charge is 2.57. The van der Waals surface area contributed by atoms with E-state index >= 15 is 0 Å². The van der Waals surface area contributed by atoms with Gasteiger partial charge in [-0.2, -0.15) is 0 Å². The first-order valence-corrected chi connectivity index (χ1v) is 5.23. The number of aliphatic carboxylic acids is 1. The van der Waals surface area contributed by atoms with Crippen LogP contribution in [-0.2, 0) is 19.1 Å². The molecule has 4 unspecified atom stereocenters. The number of carbonyl (C=O) groups is 2. The van der Waals surface area contributed by atoms with Gasteiger partial charge in [0.05, 0.1) is 12.0 Å². The highest BCUT2D eigenvalue weighted by Crippen LogP contribution is 2.45. The van der Waals surface area contributed by atoms with Crippen molar-refractivity contribution in [3.63, 3.8) is 0 Å². The van der Waals surface area contributed by atoms with Crippen molar-refractivity contribution in [3.8, 4) is 0 Å². The Morgan fingerprint density at radius 1 is 1.50 bits per heavy atom. The van der Waals surface area contributed by atoms with E-state index in [-0.39, 0.29) is 29.7 Å². The minimum Gasteiger partial charge on any atom is -0.478 e. The predicted molar refractivity (Wildman–Crippen MR) is 53.7 cm³/mol. The summed E-state index contributed by atoms with van der Waals surface area (Å²) in [5.74, 6) is -0.881. The summed E-state index contributed by atoms with van der Waals surface area (Å²) in [6.07, 6.45) is 2.40. The average molecular weight is 226 g/mol. The molecule has 5 nitrogen and oxygen atoms in total. The molecule has 4 atom stereocenters. The quantitative estimate of drug-likeness (QED) is 0.527. The SMILES string of the molecule is C=C(C)C(=O)O.O=C1OC2CC3CC1C2O3. The summed E-state index contributed by atoms with van der Waals surface area (Å²) in [6.45, 7) is 4.60. The van der Waals surface area contributed by atoms with E-state index in [2.05, 4.69) is 6.58 Å². The van der Waals surface area contributed by atoms with Crippen LogP contribution >= 0.6 is 0 Å². The summed E-state index contributed by atoms with van der Waals surface area (Å²) in [6, 6.07) is 0. The van der Waals surface area contributed by atoms with Crippen molar-refractivity contribution in [2.75, 3.05) is 0 Å². The van der Waals surface area contributed by atoms with E-state index in [9.17, 15) is 9.59 Å². The van der Waals surface area contributed by atoms with Crippen molar-refractivity contribution in [2.24, 2.45) is 5.92 Å². The molecular formula is C11H14O5. The number of carbonyl (C=O) groups excluding carboxylic acids is 1. The van der Waals surface area contributed by atoms with Gasteiger partial charge in [0.1, 0.15) is 12.2 Å². The summed E-state index contributed by atoms with van der Waals surface area (Å²) < 4.78 is 10.6. The molecule has 3 aliphatic rings. The molecule has 0 aromatic heterocycles. The van der Waals surface area contributed by atoms with Gasteiger partial charge in [0.25, 0.3) is 0 Å². The van der Waals surface area contributed by atoms with Gasteiger partial charge in [0.2, 0.25) is 0 Å². The zero-order valence-corrected chi connectivity index (χ0v) is 9.01. The lowest BCUT2D eigenvalue weighted by molar-refractivity contribution is -0.143. The van der Waals surface area contributed by atoms with E-state index in [1.165, 1.54) is 6.92 Å². The fraction of sp³-hybridized carbons (Fsp3) is 0.636. The Kier molecular flexibility index (Phi) is 2.71. The Bertz CT molecular complexity index is 334. The second-order valence-corrected chi connectivity index (χ2v) is 4.36. The van der Waals surface area contributed by atoms with Crippen molar-refractivity contribution < 1.29 is 24.2 Å². The third-order valence-corrected chi connectivity index (χ3v) is 3.06. The molecule has 1 N–H and O–H groups in total. The number of carboxylic acid groups (broad SMARTS) is 1. The lowest BCUT2D eigenvalue weighted by Gasteiger charge is -2.07. The number of carboxylic acids is 1. The summed E-state index contributed by atoms with van der Waals surface area (Å²) >= 11 is 0. The lowest BCUT2D eigenvalue weighted by atomic mass is 9.90. The van der Waals surface area contributed by atoms with E-state index in [1.807, 2.05) is 0 Å². The molecule has 3 fully saturated rings. The van der Waals surface area contributed by atoms with Crippen molar-refractivity contribution >= 4 is 11.9 Å². The molecule has 3 aliphatic heterocycles. The molecule has 88 valence electrons. The maximum absolute atomic E-state index is 11.0. The molecule has 5 heteroatoms. The van der Waals surface area contributed by atoms with E-state index < -0.39 is 5.97 Å². The number of rotatable bonds is 1. The maximum atomic E-state index is 11.0. The summed E-state index contributed by atoms with van der Waals surface area (Å²) in [5.41, 5.74) is 0.176. The molecule has 16 heavy (non-hydrogen) atoms. The van der Waals surface area contributed by atoms with E-state index in [1.54, 1.807) is 0 Å². The predicted octanol–water partition coefficient (Wildman–Crippen LogP) is 0.736.